The van der Waals surface area contributed by atoms with E-state index in [0.717, 1.165) is 0 Å². The van der Waals surface area contributed by atoms with E-state index in [1.807, 2.05) is 6.92 Å². The number of hydrogen-bond acceptors (Lipinski definition) is 3. The monoisotopic (exact) mass is 270 g/mol. The van der Waals surface area contributed by atoms with Gasteiger partial charge in [-0.3, -0.25) is 4.68 Å². The average molecular weight is 270 g/mol. The molecular weight excluding hydrogens is 257 g/mol. The molecule has 7 heteroatoms. The summed E-state index contributed by atoms with van der Waals surface area (Å²) in [5.74, 6) is -2.43. The van der Waals surface area contributed by atoms with Gasteiger partial charge in [0.15, 0.2) is 0 Å². The molecule has 0 aliphatic carbocycles. The molecule has 0 aliphatic heterocycles. The standard InChI is InChI=1S/C12H13F3N4/c1-2-19-11(17-6-18-19)5-10(16)12-8(14)3-7(13)4-9(12)15/h3-4,6,10H,2,5,16H2,1H3. The molecule has 4 nitrogen and oxygen atoms in total. The Morgan fingerprint density at radius 3 is 2.47 bits per heavy atom. The van der Waals surface area contributed by atoms with Crippen molar-refractivity contribution in [1.29, 1.82) is 0 Å². The van der Waals surface area contributed by atoms with Gasteiger partial charge in [-0.15, -0.1) is 0 Å². The van der Waals surface area contributed by atoms with Crippen molar-refractivity contribution in [3.8, 4) is 0 Å². The van der Waals surface area contributed by atoms with Crippen molar-refractivity contribution in [2.75, 3.05) is 0 Å². The van der Waals surface area contributed by atoms with Crippen molar-refractivity contribution in [2.45, 2.75) is 25.9 Å². The zero-order valence-corrected chi connectivity index (χ0v) is 10.3. The van der Waals surface area contributed by atoms with Gasteiger partial charge in [-0.25, -0.2) is 18.2 Å². The summed E-state index contributed by atoms with van der Waals surface area (Å²) >= 11 is 0. The molecule has 0 saturated heterocycles. The van der Waals surface area contributed by atoms with Crippen molar-refractivity contribution < 1.29 is 13.2 Å². The minimum Gasteiger partial charge on any atom is -0.323 e. The van der Waals surface area contributed by atoms with Crippen molar-refractivity contribution in [1.82, 2.24) is 14.8 Å². The highest BCUT2D eigenvalue weighted by atomic mass is 19.1. The minimum atomic E-state index is -0.993. The lowest BCUT2D eigenvalue weighted by atomic mass is 10.0. The third-order valence-electron chi connectivity index (χ3n) is 2.81. The molecule has 19 heavy (non-hydrogen) atoms. The van der Waals surface area contributed by atoms with Crippen LogP contribution in [0.1, 0.15) is 24.4 Å². The van der Waals surface area contributed by atoms with Gasteiger partial charge >= 0.3 is 0 Å². The van der Waals surface area contributed by atoms with Crippen LogP contribution in [0.15, 0.2) is 18.5 Å². The molecule has 1 heterocycles. The molecule has 102 valence electrons. The van der Waals surface area contributed by atoms with Crippen LogP contribution >= 0.6 is 0 Å². The number of aryl methyl sites for hydroxylation is 1. The van der Waals surface area contributed by atoms with Crippen LogP contribution in [0.25, 0.3) is 0 Å². The Labute approximate surface area is 108 Å². The highest BCUT2D eigenvalue weighted by molar-refractivity contribution is 5.24. The molecule has 0 bridgehead atoms. The lowest BCUT2D eigenvalue weighted by Crippen LogP contribution is -2.19. The molecule has 1 aromatic carbocycles. The molecule has 2 rings (SSSR count). The summed E-state index contributed by atoms with van der Waals surface area (Å²) in [6.07, 6.45) is 1.47. The van der Waals surface area contributed by atoms with Crippen LogP contribution in [0, 0.1) is 17.5 Å². The summed E-state index contributed by atoms with van der Waals surface area (Å²) in [4.78, 5) is 3.98. The third-order valence-corrected chi connectivity index (χ3v) is 2.81. The summed E-state index contributed by atoms with van der Waals surface area (Å²) in [6, 6.07) is 0.279. The lowest BCUT2D eigenvalue weighted by molar-refractivity contribution is 0.492. The summed E-state index contributed by atoms with van der Waals surface area (Å²) in [6.45, 7) is 2.44. The molecule has 0 spiro atoms. The van der Waals surface area contributed by atoms with Crippen molar-refractivity contribution in [3.63, 3.8) is 0 Å². The summed E-state index contributed by atoms with van der Waals surface area (Å²) in [5.41, 5.74) is 5.44. The topological polar surface area (TPSA) is 56.7 Å². The van der Waals surface area contributed by atoms with Crippen LogP contribution in [0.2, 0.25) is 0 Å². The lowest BCUT2D eigenvalue weighted by Gasteiger charge is -2.14. The zero-order valence-electron chi connectivity index (χ0n) is 10.3. The van der Waals surface area contributed by atoms with Crippen LogP contribution in [0.5, 0.6) is 0 Å². The fourth-order valence-electron chi connectivity index (χ4n) is 1.92. The quantitative estimate of drug-likeness (QED) is 0.924. The van der Waals surface area contributed by atoms with E-state index in [0.29, 0.717) is 24.5 Å². The maximum Gasteiger partial charge on any atom is 0.138 e. The molecule has 0 saturated carbocycles. The van der Waals surface area contributed by atoms with E-state index in [-0.39, 0.29) is 12.0 Å². The second-order valence-corrected chi connectivity index (χ2v) is 4.09. The highest BCUT2D eigenvalue weighted by Gasteiger charge is 2.20. The Kier molecular flexibility index (Phi) is 3.84. The minimum absolute atomic E-state index is 0.118. The molecule has 0 amide bonds. The van der Waals surface area contributed by atoms with Crippen molar-refractivity contribution in [2.24, 2.45) is 5.73 Å². The Bertz CT molecular complexity index is 559. The van der Waals surface area contributed by atoms with E-state index in [1.165, 1.54) is 6.33 Å². The summed E-state index contributed by atoms with van der Waals surface area (Å²) in [7, 11) is 0. The van der Waals surface area contributed by atoms with E-state index in [2.05, 4.69) is 10.1 Å². The Hall–Kier alpha value is -1.89. The van der Waals surface area contributed by atoms with E-state index in [4.69, 9.17) is 5.73 Å². The second-order valence-electron chi connectivity index (χ2n) is 4.09. The molecular formula is C12H13F3N4. The van der Waals surface area contributed by atoms with Gasteiger partial charge < -0.3 is 5.73 Å². The van der Waals surface area contributed by atoms with E-state index in [1.54, 1.807) is 4.68 Å². The average Bonchev–Trinajstić information content (AvgIpc) is 2.74. The maximum absolute atomic E-state index is 13.6. The number of hydrogen-bond donors (Lipinski definition) is 1. The van der Waals surface area contributed by atoms with Crippen LogP contribution in [0.3, 0.4) is 0 Å². The number of nitrogens with two attached hydrogens (primary N) is 1. The normalized spacial score (nSPS) is 12.7. The van der Waals surface area contributed by atoms with Gasteiger partial charge in [0, 0.05) is 36.7 Å². The largest absolute Gasteiger partial charge is 0.323 e. The predicted octanol–water partition coefficient (Wildman–Crippen LogP) is 1.96. The third kappa shape index (κ3) is 2.76. The van der Waals surface area contributed by atoms with Crippen molar-refractivity contribution >= 4 is 0 Å². The van der Waals surface area contributed by atoms with Crippen LogP contribution in [-0.4, -0.2) is 14.8 Å². The van der Waals surface area contributed by atoms with Crippen LogP contribution < -0.4 is 5.73 Å². The van der Waals surface area contributed by atoms with Gasteiger partial charge in [-0.1, -0.05) is 0 Å². The van der Waals surface area contributed by atoms with Crippen molar-refractivity contribution in [3.05, 3.63) is 47.3 Å². The summed E-state index contributed by atoms with van der Waals surface area (Å²) in [5, 5.41) is 3.94. The van der Waals surface area contributed by atoms with Gasteiger partial charge in [-0.2, -0.15) is 5.10 Å². The second kappa shape index (κ2) is 5.40. The molecule has 1 unspecified atom stereocenters. The molecule has 0 radical (unpaired) electrons. The molecule has 0 aliphatic rings. The Morgan fingerprint density at radius 2 is 1.89 bits per heavy atom. The number of benzene rings is 1. The Morgan fingerprint density at radius 1 is 1.26 bits per heavy atom. The molecule has 2 aromatic rings. The first-order valence-electron chi connectivity index (χ1n) is 5.79. The SMILES string of the molecule is CCn1ncnc1CC(N)c1c(F)cc(F)cc1F. The first-order chi connectivity index (χ1) is 9.02. The van der Waals surface area contributed by atoms with Crippen LogP contribution in [0.4, 0.5) is 13.2 Å². The number of rotatable bonds is 4. The number of aromatic nitrogens is 3. The Balaban J connectivity index is 2.28. The van der Waals surface area contributed by atoms with E-state index in [9.17, 15) is 13.2 Å². The number of halogens is 3. The van der Waals surface area contributed by atoms with Gasteiger partial charge in [0.05, 0.1) is 0 Å². The van der Waals surface area contributed by atoms with E-state index >= 15 is 0 Å². The molecule has 2 N–H and O–H groups in total. The first-order valence-corrected chi connectivity index (χ1v) is 5.79. The van der Waals surface area contributed by atoms with Gasteiger partial charge in [-0.05, 0) is 6.92 Å². The fourth-order valence-corrected chi connectivity index (χ4v) is 1.92. The maximum atomic E-state index is 13.6. The molecule has 1 aromatic heterocycles. The van der Waals surface area contributed by atoms with Gasteiger partial charge in [0.2, 0.25) is 0 Å². The van der Waals surface area contributed by atoms with Gasteiger partial charge in [0.25, 0.3) is 0 Å². The first kappa shape index (κ1) is 13.5. The number of nitrogens with zero attached hydrogens (tertiary/aromatic N) is 3. The molecule has 0 fully saturated rings. The van der Waals surface area contributed by atoms with Gasteiger partial charge in [0.1, 0.15) is 29.6 Å². The smallest absolute Gasteiger partial charge is 0.138 e. The molecule has 1 atom stereocenters. The fraction of sp³-hybridized carbons (Fsp3) is 0.333. The van der Waals surface area contributed by atoms with E-state index < -0.39 is 23.5 Å². The zero-order chi connectivity index (χ0) is 14.0. The highest BCUT2D eigenvalue weighted by Crippen LogP contribution is 2.22. The predicted molar refractivity (Wildman–Crippen MR) is 62.6 cm³/mol. The van der Waals surface area contributed by atoms with Crippen LogP contribution in [-0.2, 0) is 13.0 Å². The summed E-state index contributed by atoms with van der Waals surface area (Å²) < 4.78 is 41.5.